The largest absolute Gasteiger partial charge is 0.748 e. The van der Waals surface area contributed by atoms with Gasteiger partial charge < -0.3 is 15.2 Å². The van der Waals surface area contributed by atoms with Gasteiger partial charge in [-0.05, 0) is 113 Å². The minimum atomic E-state index is -4.13. The molecule has 69 heavy (non-hydrogen) atoms. The van der Waals surface area contributed by atoms with Crippen molar-refractivity contribution < 1.29 is 22.1 Å². The van der Waals surface area contributed by atoms with Crippen molar-refractivity contribution >= 4 is 79.9 Å². The quantitative estimate of drug-likeness (QED) is 0.0971. The molecule has 0 saturated heterocycles. The number of hydrogen-bond donors (Lipinski definition) is 2. The molecule has 0 radical (unpaired) electrons. The van der Waals surface area contributed by atoms with Gasteiger partial charge in [-0.1, -0.05) is 128 Å². The molecule has 2 aliphatic heterocycles. The summed E-state index contributed by atoms with van der Waals surface area (Å²) in [6.45, 7) is 18.7. The first-order chi connectivity index (χ1) is 32.6. The number of benzene rings is 4. The molecule has 4 aromatic rings. The third-order valence-corrected chi connectivity index (χ3v) is 15.2. The van der Waals surface area contributed by atoms with Crippen molar-refractivity contribution in [3.8, 4) is 0 Å². The monoisotopic (exact) mass is 1010 g/mol. The number of rotatable bonds is 14. The highest BCUT2D eigenvalue weighted by Crippen LogP contribution is 2.42. The van der Waals surface area contributed by atoms with Crippen LogP contribution < -0.4 is 10.6 Å². The van der Waals surface area contributed by atoms with Crippen LogP contribution in [-0.4, -0.2) is 52.4 Å². The summed E-state index contributed by atoms with van der Waals surface area (Å²) in [5.74, 6) is -0.306. The molecule has 2 aliphatic carbocycles. The van der Waals surface area contributed by atoms with Crippen molar-refractivity contribution in [2.24, 2.45) is 0 Å². The lowest BCUT2D eigenvalue weighted by molar-refractivity contribution is -0.438. The van der Waals surface area contributed by atoms with Crippen molar-refractivity contribution in [2.75, 3.05) is 29.5 Å². The summed E-state index contributed by atoms with van der Waals surface area (Å²) in [6, 6.07) is 37.3. The van der Waals surface area contributed by atoms with E-state index in [-0.39, 0.29) is 29.0 Å². The zero-order valence-electron chi connectivity index (χ0n) is 41.2. The number of nitrogens with zero attached hydrogens (tertiary/aromatic N) is 2. The standard InChI is InChI=1S/C29H33ClN2.C15H16ClN.C14H19NO3S.ClH/c1-4-5-20-32-26-17-10-9-16-25(26)29(2,3)27(32)19-18-22-12-11-13-23(28(22)30)21-31-24-14-7-6-8-15-24;1-2-12-7-6-8-13(15(12)16)11-17-14-9-4-3-5-10-14;1-11-14(2,3)12-7-4-5-8-13(12)15(11)9-6-10-19(16,17)18;/h6-10,14-19,21H,4-5,11-13,20H2,1-3H3;2-5,9-11,17H,1,6-8H2;4-5,7-8H,6,9-10H2,1-3H3;1H/p+1/b;13-11+;;. The van der Waals surface area contributed by atoms with E-state index in [1.54, 1.807) is 0 Å². The highest BCUT2D eigenvalue weighted by Gasteiger charge is 2.44. The van der Waals surface area contributed by atoms with Gasteiger partial charge in [0.15, 0.2) is 11.4 Å². The van der Waals surface area contributed by atoms with Crippen molar-refractivity contribution in [1.29, 1.82) is 0 Å². The van der Waals surface area contributed by atoms with Crippen LogP contribution in [-0.2, 0) is 20.9 Å². The first-order valence-corrected chi connectivity index (χ1v) is 26.4. The summed E-state index contributed by atoms with van der Waals surface area (Å²) in [4.78, 5) is 0. The number of fused-ring (bicyclic) bond motifs is 2. The van der Waals surface area contributed by atoms with Crippen LogP contribution in [0.1, 0.15) is 110 Å². The topological polar surface area (TPSA) is 87.3 Å². The van der Waals surface area contributed by atoms with E-state index in [9.17, 15) is 13.0 Å². The normalized spacial score (nSPS) is 18.3. The Labute approximate surface area is 429 Å². The molecule has 4 aromatic carbocycles. The lowest BCUT2D eigenvalue weighted by Gasteiger charge is -2.18. The van der Waals surface area contributed by atoms with Gasteiger partial charge in [-0.25, -0.2) is 8.42 Å². The molecule has 0 spiro atoms. The molecule has 4 aliphatic rings. The molecule has 2 N–H and O–H groups in total. The second-order valence-electron chi connectivity index (χ2n) is 18.8. The van der Waals surface area contributed by atoms with Gasteiger partial charge in [0.1, 0.15) is 13.1 Å². The van der Waals surface area contributed by atoms with E-state index in [2.05, 4.69) is 129 Å². The van der Waals surface area contributed by atoms with Crippen molar-refractivity contribution in [2.45, 2.75) is 110 Å². The van der Waals surface area contributed by atoms with E-state index < -0.39 is 10.1 Å². The number of unbranched alkanes of at least 4 members (excludes halogenated alkanes) is 1. The number of para-hydroxylation sites is 4. The maximum Gasteiger partial charge on any atom is 0.209 e. The molecule has 8 rings (SSSR count). The summed E-state index contributed by atoms with van der Waals surface area (Å²) in [7, 11) is -4.13. The van der Waals surface area contributed by atoms with Crippen LogP contribution in [0.15, 0.2) is 179 Å². The molecule has 0 atom stereocenters. The van der Waals surface area contributed by atoms with E-state index in [4.69, 9.17) is 23.2 Å². The minimum Gasteiger partial charge on any atom is -0.748 e. The first-order valence-electron chi connectivity index (χ1n) is 24.1. The number of nitrogens with one attached hydrogen (secondary N) is 2. The van der Waals surface area contributed by atoms with Crippen LogP contribution in [0.4, 0.5) is 22.7 Å². The third kappa shape index (κ3) is 14.1. The predicted molar refractivity (Wildman–Crippen MR) is 295 cm³/mol. The van der Waals surface area contributed by atoms with Crippen LogP contribution in [0.3, 0.4) is 0 Å². The van der Waals surface area contributed by atoms with Crippen molar-refractivity contribution in [3.05, 3.63) is 190 Å². The Morgan fingerprint density at radius 1 is 0.652 bits per heavy atom. The van der Waals surface area contributed by atoms with Gasteiger partial charge >= 0.3 is 0 Å². The molecular weight excluding hydrogens is 939 g/mol. The summed E-state index contributed by atoms with van der Waals surface area (Å²) in [5, 5.41) is 8.42. The van der Waals surface area contributed by atoms with E-state index in [0.29, 0.717) is 13.0 Å². The molecule has 0 fully saturated rings. The molecule has 11 heteroatoms. The van der Waals surface area contributed by atoms with Gasteiger partial charge in [0.25, 0.3) is 0 Å². The third-order valence-electron chi connectivity index (χ3n) is 13.5. The Morgan fingerprint density at radius 2 is 1.12 bits per heavy atom. The fourth-order valence-corrected chi connectivity index (χ4v) is 10.4. The van der Waals surface area contributed by atoms with Gasteiger partial charge in [0.2, 0.25) is 11.4 Å². The van der Waals surface area contributed by atoms with Gasteiger partial charge in [-0.15, -0.1) is 12.4 Å². The summed E-state index contributed by atoms with van der Waals surface area (Å²) < 4.78 is 36.7. The highest BCUT2D eigenvalue weighted by molar-refractivity contribution is 7.85. The fourth-order valence-electron chi connectivity index (χ4n) is 9.33. The summed E-state index contributed by atoms with van der Waals surface area (Å²) in [5.41, 5.74) is 14.5. The van der Waals surface area contributed by atoms with E-state index in [1.165, 1.54) is 52.2 Å². The summed E-state index contributed by atoms with van der Waals surface area (Å²) >= 11 is 13.2. The van der Waals surface area contributed by atoms with E-state index in [1.807, 2.05) is 79.0 Å². The zero-order chi connectivity index (χ0) is 48.9. The van der Waals surface area contributed by atoms with E-state index in [0.717, 1.165) is 83.3 Å². The van der Waals surface area contributed by atoms with Crippen LogP contribution in [0.5, 0.6) is 0 Å². The number of anilines is 2. The second-order valence-corrected chi connectivity index (χ2v) is 21.1. The Morgan fingerprint density at radius 3 is 1.64 bits per heavy atom. The smallest absolute Gasteiger partial charge is 0.209 e. The second kappa shape index (κ2) is 25.2. The summed E-state index contributed by atoms with van der Waals surface area (Å²) in [6.07, 6.45) is 19.6. The van der Waals surface area contributed by atoms with Gasteiger partial charge in [0.05, 0.1) is 20.9 Å². The van der Waals surface area contributed by atoms with Gasteiger partial charge in [0, 0.05) is 88.7 Å². The molecule has 0 saturated carbocycles. The maximum absolute atomic E-state index is 10.7. The van der Waals surface area contributed by atoms with Gasteiger partial charge in [-0.2, -0.15) is 9.15 Å². The zero-order valence-corrected chi connectivity index (χ0v) is 44.3. The minimum absolute atomic E-state index is 0. The van der Waals surface area contributed by atoms with Crippen LogP contribution in [0, 0.1) is 0 Å². The number of hydrogen-bond acceptors (Lipinski definition) is 5. The fraction of sp³-hybridized carbons (Fsp3) is 0.345. The molecular formula is C58H70Cl3N4O3S+. The Kier molecular flexibility index (Phi) is 20.1. The van der Waals surface area contributed by atoms with Crippen LogP contribution in [0.2, 0.25) is 0 Å². The van der Waals surface area contributed by atoms with E-state index >= 15 is 0 Å². The molecule has 0 bridgehead atoms. The van der Waals surface area contributed by atoms with Crippen molar-refractivity contribution in [3.63, 3.8) is 0 Å². The predicted octanol–water partition coefficient (Wildman–Crippen LogP) is 15.4. The lowest BCUT2D eigenvalue weighted by Crippen LogP contribution is -2.28. The Hall–Kier alpha value is -4.96. The Bertz CT molecular complexity index is 2770. The van der Waals surface area contributed by atoms with Crippen LogP contribution in [0.25, 0.3) is 0 Å². The molecule has 7 nitrogen and oxygen atoms in total. The highest BCUT2D eigenvalue weighted by atomic mass is 35.5. The average molecular weight is 1010 g/mol. The van der Waals surface area contributed by atoms with Gasteiger partial charge in [-0.3, -0.25) is 0 Å². The average Bonchev–Trinajstić information content (AvgIpc) is 3.67. The maximum atomic E-state index is 10.7. The SMILES string of the molecule is C=CC1=C(Cl)/C(=C/Nc2ccccc2)CCC1.CC1=[N+](CCCS(=O)(=O)[O-])c2ccccc2C1(C)C.CCCC[N+]1=C(/C=C/C2=C(Cl)C(=C/Nc3ccccc3)/CCC2)C(C)(C)c2ccccc21.Cl. The van der Waals surface area contributed by atoms with Crippen LogP contribution >= 0.6 is 35.6 Å². The molecule has 2 heterocycles. The number of allylic oxidation sites excluding steroid dienone is 9. The van der Waals surface area contributed by atoms with Crippen molar-refractivity contribution in [1.82, 2.24) is 0 Å². The molecule has 0 amide bonds. The molecule has 0 unspecified atom stereocenters. The first kappa shape index (κ1) is 55.0. The Balaban J connectivity index is 0.000000206. The molecule has 366 valence electrons. The molecule has 0 aromatic heterocycles. The number of halogens is 3. The lowest BCUT2D eigenvalue weighted by atomic mass is 9.81.